The van der Waals surface area contributed by atoms with Gasteiger partial charge in [0, 0.05) is 5.92 Å². The number of aromatic nitrogens is 2. The van der Waals surface area contributed by atoms with Crippen LogP contribution in [0.15, 0.2) is 26.0 Å². The van der Waals surface area contributed by atoms with Crippen LogP contribution in [0, 0.1) is 6.92 Å². The molecule has 4 nitrogen and oxygen atoms in total. The first-order valence-corrected chi connectivity index (χ1v) is 7.30. The van der Waals surface area contributed by atoms with Gasteiger partial charge >= 0.3 is 0 Å². The molecule has 1 aliphatic rings. The minimum Gasteiger partial charge on any atom is -0.469 e. The number of halogens is 1. The van der Waals surface area contributed by atoms with E-state index < -0.39 is 0 Å². The number of aromatic amines is 1. The number of nitrogens with one attached hydrogen (secondary N) is 1. The van der Waals surface area contributed by atoms with Crippen LogP contribution in [0.3, 0.4) is 0 Å². The molecule has 0 aliphatic heterocycles. The lowest BCUT2D eigenvalue weighted by Gasteiger charge is -2.11. The van der Waals surface area contributed by atoms with E-state index >= 15 is 0 Å². The molecule has 3 rings (SSSR count). The molecule has 0 amide bonds. The van der Waals surface area contributed by atoms with Gasteiger partial charge in [-0.2, -0.15) is 0 Å². The topological polar surface area (TPSA) is 58.9 Å². The number of rotatable bonds is 2. The lowest BCUT2D eigenvalue weighted by atomic mass is 10.0. The molecule has 2 aromatic heterocycles. The van der Waals surface area contributed by atoms with Crippen molar-refractivity contribution >= 4 is 15.9 Å². The van der Waals surface area contributed by atoms with E-state index in [1.165, 1.54) is 12.8 Å². The monoisotopic (exact) mass is 322 g/mol. The zero-order valence-corrected chi connectivity index (χ0v) is 12.3. The quantitative estimate of drug-likeness (QED) is 0.915. The van der Waals surface area contributed by atoms with Crippen LogP contribution in [-0.2, 0) is 0 Å². The second-order valence-electron chi connectivity index (χ2n) is 4.99. The summed E-state index contributed by atoms with van der Waals surface area (Å²) in [5.41, 5.74) is 1.62. The molecule has 1 fully saturated rings. The Kier molecular flexibility index (Phi) is 3.31. The van der Waals surface area contributed by atoms with Crippen LogP contribution in [0.25, 0.3) is 11.4 Å². The van der Waals surface area contributed by atoms with Crippen molar-refractivity contribution in [3.05, 3.63) is 38.6 Å². The maximum absolute atomic E-state index is 12.1. The predicted molar refractivity (Wildman–Crippen MR) is 76.2 cm³/mol. The zero-order chi connectivity index (χ0) is 13.4. The molecule has 2 heterocycles. The van der Waals surface area contributed by atoms with Gasteiger partial charge in [0.05, 0.1) is 17.5 Å². The fourth-order valence-electron chi connectivity index (χ4n) is 2.70. The minimum absolute atomic E-state index is 0.118. The molecule has 100 valence electrons. The van der Waals surface area contributed by atoms with Crippen molar-refractivity contribution in [3.63, 3.8) is 0 Å². The molecule has 1 N–H and O–H groups in total. The Hall–Kier alpha value is -1.36. The van der Waals surface area contributed by atoms with Crippen LogP contribution in [0.5, 0.6) is 0 Å². The highest BCUT2D eigenvalue weighted by atomic mass is 79.9. The maximum Gasteiger partial charge on any atom is 0.265 e. The lowest BCUT2D eigenvalue weighted by molar-refractivity contribution is 0.535. The molecule has 1 aliphatic carbocycles. The van der Waals surface area contributed by atoms with Crippen LogP contribution in [0.1, 0.15) is 43.1 Å². The van der Waals surface area contributed by atoms with Crippen molar-refractivity contribution < 1.29 is 4.42 Å². The summed E-state index contributed by atoms with van der Waals surface area (Å²) in [6.07, 6.45) is 6.26. The normalized spacial score (nSPS) is 16.1. The Morgan fingerprint density at radius 2 is 2.16 bits per heavy atom. The summed E-state index contributed by atoms with van der Waals surface area (Å²) >= 11 is 3.38. The van der Waals surface area contributed by atoms with Gasteiger partial charge in [-0.15, -0.1) is 0 Å². The zero-order valence-electron chi connectivity index (χ0n) is 10.7. The minimum atomic E-state index is -0.118. The smallest absolute Gasteiger partial charge is 0.265 e. The Morgan fingerprint density at radius 1 is 1.42 bits per heavy atom. The van der Waals surface area contributed by atoms with Gasteiger partial charge in [0.25, 0.3) is 5.56 Å². The van der Waals surface area contributed by atoms with Gasteiger partial charge in [0.1, 0.15) is 16.1 Å². The van der Waals surface area contributed by atoms with Crippen molar-refractivity contribution in [3.8, 4) is 11.4 Å². The van der Waals surface area contributed by atoms with Crippen LogP contribution >= 0.6 is 15.9 Å². The van der Waals surface area contributed by atoms with E-state index in [2.05, 4.69) is 25.9 Å². The molecule has 1 saturated carbocycles. The van der Waals surface area contributed by atoms with Crippen molar-refractivity contribution in [1.82, 2.24) is 9.97 Å². The molecular weight excluding hydrogens is 308 g/mol. The number of aryl methyl sites for hydroxylation is 1. The molecule has 0 radical (unpaired) electrons. The lowest BCUT2D eigenvalue weighted by Crippen LogP contribution is -2.15. The average molecular weight is 323 g/mol. The van der Waals surface area contributed by atoms with Crippen LogP contribution < -0.4 is 5.56 Å². The second kappa shape index (κ2) is 4.96. The Balaban J connectivity index is 2.12. The van der Waals surface area contributed by atoms with Gasteiger partial charge in [-0.1, -0.05) is 12.8 Å². The number of furan rings is 1. The SMILES string of the molecule is Cc1occc1-c1nc(C2CCCC2)c(Br)c(=O)[nH]1. The summed E-state index contributed by atoms with van der Waals surface area (Å²) in [5, 5.41) is 0. The molecule has 0 unspecified atom stereocenters. The molecule has 0 saturated heterocycles. The molecule has 0 spiro atoms. The Labute approximate surface area is 119 Å². The molecule has 19 heavy (non-hydrogen) atoms. The van der Waals surface area contributed by atoms with Gasteiger partial charge in [0.2, 0.25) is 0 Å². The summed E-state index contributed by atoms with van der Waals surface area (Å²) in [6.45, 7) is 1.87. The summed E-state index contributed by atoms with van der Waals surface area (Å²) in [5.74, 6) is 1.76. The van der Waals surface area contributed by atoms with E-state index in [4.69, 9.17) is 4.42 Å². The third kappa shape index (κ3) is 2.27. The third-order valence-electron chi connectivity index (χ3n) is 3.74. The highest BCUT2D eigenvalue weighted by molar-refractivity contribution is 9.10. The highest BCUT2D eigenvalue weighted by Crippen LogP contribution is 2.36. The fraction of sp³-hybridized carbons (Fsp3) is 0.429. The van der Waals surface area contributed by atoms with Crippen molar-refractivity contribution in [2.24, 2.45) is 0 Å². The van der Waals surface area contributed by atoms with Crippen molar-refractivity contribution in [1.29, 1.82) is 0 Å². The third-order valence-corrected chi connectivity index (χ3v) is 4.51. The summed E-state index contributed by atoms with van der Waals surface area (Å²) in [4.78, 5) is 19.5. The first kappa shape index (κ1) is 12.7. The first-order chi connectivity index (χ1) is 9.16. The van der Waals surface area contributed by atoms with Gasteiger partial charge in [0.15, 0.2) is 0 Å². The van der Waals surface area contributed by atoms with Gasteiger partial charge < -0.3 is 9.40 Å². The molecule has 0 atom stereocenters. The summed E-state index contributed by atoms with van der Waals surface area (Å²) < 4.78 is 5.85. The first-order valence-electron chi connectivity index (χ1n) is 6.51. The average Bonchev–Trinajstić information content (AvgIpc) is 3.03. The number of H-pyrrole nitrogens is 1. The predicted octanol–water partition coefficient (Wildman–Crippen LogP) is 3.76. The molecule has 0 aromatic carbocycles. The molecule has 5 heteroatoms. The Morgan fingerprint density at radius 3 is 2.79 bits per heavy atom. The molecule has 0 bridgehead atoms. The van der Waals surface area contributed by atoms with Crippen molar-refractivity contribution in [2.45, 2.75) is 38.5 Å². The van der Waals surface area contributed by atoms with Crippen LogP contribution in [0.4, 0.5) is 0 Å². The number of hydrogen-bond acceptors (Lipinski definition) is 3. The van der Waals surface area contributed by atoms with Gasteiger partial charge in [-0.05, 0) is 41.8 Å². The Bertz CT molecular complexity index is 654. The largest absolute Gasteiger partial charge is 0.469 e. The van der Waals surface area contributed by atoms with Gasteiger partial charge in [-0.3, -0.25) is 4.79 Å². The van der Waals surface area contributed by atoms with E-state index in [9.17, 15) is 4.79 Å². The molecule has 2 aromatic rings. The highest BCUT2D eigenvalue weighted by Gasteiger charge is 2.23. The maximum atomic E-state index is 12.1. The van der Waals surface area contributed by atoms with Crippen molar-refractivity contribution in [2.75, 3.05) is 0 Å². The molecular formula is C14H15BrN2O2. The summed E-state index contributed by atoms with van der Waals surface area (Å²) in [7, 11) is 0. The van der Waals surface area contributed by atoms with Crippen LogP contribution in [0.2, 0.25) is 0 Å². The van der Waals surface area contributed by atoms with E-state index in [0.717, 1.165) is 29.9 Å². The number of hydrogen-bond donors (Lipinski definition) is 1. The van der Waals surface area contributed by atoms with E-state index in [-0.39, 0.29) is 5.56 Å². The summed E-state index contributed by atoms with van der Waals surface area (Å²) in [6, 6.07) is 1.83. The second-order valence-corrected chi connectivity index (χ2v) is 5.78. The standard InChI is InChI=1S/C14H15BrN2O2/c1-8-10(6-7-19-8)13-16-12(9-4-2-3-5-9)11(15)14(18)17-13/h6-7,9H,2-5H2,1H3,(H,16,17,18). The van der Waals surface area contributed by atoms with E-state index in [0.29, 0.717) is 16.2 Å². The fourth-order valence-corrected chi connectivity index (χ4v) is 3.22. The van der Waals surface area contributed by atoms with Gasteiger partial charge in [-0.25, -0.2) is 4.98 Å². The van der Waals surface area contributed by atoms with E-state index in [1.807, 2.05) is 13.0 Å². The van der Waals surface area contributed by atoms with E-state index in [1.54, 1.807) is 6.26 Å². The van der Waals surface area contributed by atoms with Crippen LogP contribution in [-0.4, -0.2) is 9.97 Å². The number of nitrogens with zero attached hydrogens (tertiary/aromatic N) is 1.